The van der Waals surface area contributed by atoms with E-state index in [0.717, 1.165) is 0 Å². The molecule has 0 fully saturated rings. The second kappa shape index (κ2) is 3.89. The highest BCUT2D eigenvalue weighted by molar-refractivity contribution is 7.04. The number of hydrogen-bond donors (Lipinski definition) is 0. The Balaban J connectivity index is 2.04. The third kappa shape index (κ3) is 1.61. The molecule has 0 N–H and O–H groups in total. The fourth-order valence-corrected chi connectivity index (χ4v) is 12.5. The van der Waals surface area contributed by atoms with Crippen molar-refractivity contribution in [1.82, 2.24) is 0 Å². The largest absolute Gasteiger partial charge is 0.120 e. The second-order valence-electron chi connectivity index (χ2n) is 8.29. The van der Waals surface area contributed by atoms with Crippen LogP contribution in [0.4, 0.5) is 0 Å². The van der Waals surface area contributed by atoms with Gasteiger partial charge in [0, 0.05) is 0 Å². The molecule has 0 atom stereocenters. The van der Waals surface area contributed by atoms with E-state index in [9.17, 15) is 0 Å². The van der Waals surface area contributed by atoms with E-state index in [1.807, 2.05) is 0 Å². The molecule has 0 saturated carbocycles. The van der Waals surface area contributed by atoms with Gasteiger partial charge in [-0.1, -0.05) is 86.6 Å². The summed E-state index contributed by atoms with van der Waals surface area (Å²) in [5.74, 6) is 0. The van der Waals surface area contributed by atoms with Crippen LogP contribution in [0.5, 0.6) is 0 Å². The van der Waals surface area contributed by atoms with Crippen LogP contribution >= 0.6 is 0 Å². The minimum atomic E-state index is -1.58. The predicted octanol–water partition coefficient (Wildman–Crippen LogP) is 3.83. The van der Waals surface area contributed by atoms with Gasteiger partial charge in [0.2, 0.25) is 0 Å². The Morgan fingerprint density at radius 1 is 0.667 bits per heavy atom. The van der Waals surface area contributed by atoms with Crippen molar-refractivity contribution in [3.63, 3.8) is 0 Å². The zero-order valence-electron chi connectivity index (χ0n) is 13.5. The van der Waals surface area contributed by atoms with E-state index in [0.29, 0.717) is 10.8 Å². The monoisotopic (exact) mass is 292 g/mol. The third-order valence-corrected chi connectivity index (χ3v) is 11.7. The maximum Gasteiger partial charge on any atom is 0.120 e. The van der Waals surface area contributed by atoms with Crippen LogP contribution < -0.4 is 10.4 Å². The molecule has 1 heteroatoms. The minimum absolute atomic E-state index is 0.330. The molecule has 2 aromatic carbocycles. The molecule has 0 amide bonds. The Bertz CT molecular complexity index is 661. The van der Waals surface area contributed by atoms with Crippen molar-refractivity contribution >= 4 is 18.4 Å². The van der Waals surface area contributed by atoms with Gasteiger partial charge < -0.3 is 0 Å². The van der Waals surface area contributed by atoms with Gasteiger partial charge in [0.15, 0.2) is 0 Å². The van der Waals surface area contributed by atoms with Gasteiger partial charge in [-0.25, -0.2) is 0 Å². The molecule has 0 saturated heterocycles. The molecular weight excluding hydrogens is 268 g/mol. The molecule has 0 aliphatic carbocycles. The lowest BCUT2D eigenvalue weighted by molar-refractivity contribution is 0.581. The standard InChI is InChI=1S/C20H24Si/c1-19(2)13-21(17-11-7-5-9-15(17)19)14-20(3,4)16-10-6-8-12-18(16)21/h5-12H,13-14H2,1-4H3. The molecule has 108 valence electrons. The van der Waals surface area contributed by atoms with Crippen LogP contribution in [0, 0.1) is 0 Å². The van der Waals surface area contributed by atoms with Gasteiger partial charge in [0.25, 0.3) is 0 Å². The third-order valence-electron chi connectivity index (χ3n) is 5.83. The highest BCUT2D eigenvalue weighted by atomic mass is 28.3. The van der Waals surface area contributed by atoms with Crippen LogP contribution in [-0.4, -0.2) is 8.07 Å². The Labute approximate surface area is 129 Å². The maximum atomic E-state index is 2.45. The van der Waals surface area contributed by atoms with E-state index in [1.54, 1.807) is 21.5 Å². The van der Waals surface area contributed by atoms with Crippen LogP contribution in [0.2, 0.25) is 12.1 Å². The normalized spacial score (nSPS) is 23.0. The molecule has 1 spiro atoms. The first kappa shape index (κ1) is 13.3. The summed E-state index contributed by atoms with van der Waals surface area (Å²) < 4.78 is 0. The molecule has 0 nitrogen and oxygen atoms in total. The van der Waals surface area contributed by atoms with E-state index >= 15 is 0 Å². The van der Waals surface area contributed by atoms with Gasteiger partial charge in [-0.05, 0) is 34.0 Å². The molecule has 2 heterocycles. The molecule has 0 radical (unpaired) electrons. The van der Waals surface area contributed by atoms with E-state index in [2.05, 4.69) is 76.2 Å². The fraction of sp³-hybridized carbons (Fsp3) is 0.400. The highest BCUT2D eigenvalue weighted by Gasteiger charge is 2.57. The van der Waals surface area contributed by atoms with E-state index in [1.165, 1.54) is 12.1 Å². The van der Waals surface area contributed by atoms with Gasteiger partial charge in [0.05, 0.1) is 0 Å². The molecule has 2 aromatic rings. The van der Waals surface area contributed by atoms with Crippen LogP contribution in [0.1, 0.15) is 38.8 Å². The lowest BCUT2D eigenvalue weighted by Crippen LogP contribution is -2.54. The zero-order chi connectivity index (χ0) is 14.9. The van der Waals surface area contributed by atoms with Gasteiger partial charge in [-0.2, -0.15) is 0 Å². The number of rotatable bonds is 0. The SMILES string of the molecule is CC1(C)C[Si]2(CC(C)(C)c3ccccc32)c2ccccc21. The van der Waals surface area contributed by atoms with Crippen molar-refractivity contribution in [2.75, 3.05) is 0 Å². The fourth-order valence-electron chi connectivity index (χ4n) is 5.27. The van der Waals surface area contributed by atoms with Gasteiger partial charge in [-0.15, -0.1) is 0 Å². The Morgan fingerprint density at radius 2 is 1.05 bits per heavy atom. The van der Waals surface area contributed by atoms with Crippen LogP contribution in [0.25, 0.3) is 0 Å². The summed E-state index contributed by atoms with van der Waals surface area (Å²) in [4.78, 5) is 0. The molecule has 2 aliphatic rings. The second-order valence-corrected chi connectivity index (χ2v) is 12.2. The molecule has 0 bridgehead atoms. The molecule has 0 unspecified atom stereocenters. The van der Waals surface area contributed by atoms with E-state index in [-0.39, 0.29) is 0 Å². The summed E-state index contributed by atoms with van der Waals surface area (Å²) in [6, 6.07) is 21.3. The Kier molecular flexibility index (Phi) is 2.47. The topological polar surface area (TPSA) is 0 Å². The molecule has 21 heavy (non-hydrogen) atoms. The van der Waals surface area contributed by atoms with Crippen molar-refractivity contribution < 1.29 is 0 Å². The summed E-state index contributed by atoms with van der Waals surface area (Å²) in [6.45, 7) is 9.78. The first-order valence-corrected chi connectivity index (χ1v) is 10.5. The first-order chi connectivity index (χ1) is 9.87. The number of hydrogen-bond acceptors (Lipinski definition) is 0. The molecule has 2 aliphatic heterocycles. The highest BCUT2D eigenvalue weighted by Crippen LogP contribution is 2.49. The summed E-state index contributed by atoms with van der Waals surface area (Å²) in [5, 5.41) is 3.43. The molecule has 0 aromatic heterocycles. The first-order valence-electron chi connectivity index (χ1n) is 8.07. The average molecular weight is 292 g/mol. The smallest absolute Gasteiger partial charge is 0.0623 e. The van der Waals surface area contributed by atoms with Gasteiger partial charge in [-0.3, -0.25) is 0 Å². The lowest BCUT2D eigenvalue weighted by Gasteiger charge is -2.28. The lowest BCUT2D eigenvalue weighted by atomic mass is 9.87. The number of benzene rings is 2. The van der Waals surface area contributed by atoms with Gasteiger partial charge >= 0.3 is 0 Å². The van der Waals surface area contributed by atoms with Crippen molar-refractivity contribution in [3.05, 3.63) is 59.7 Å². The van der Waals surface area contributed by atoms with E-state index in [4.69, 9.17) is 0 Å². The van der Waals surface area contributed by atoms with E-state index < -0.39 is 8.07 Å². The predicted molar refractivity (Wildman–Crippen MR) is 93.6 cm³/mol. The van der Waals surface area contributed by atoms with Crippen molar-refractivity contribution in [3.8, 4) is 0 Å². The van der Waals surface area contributed by atoms with Crippen molar-refractivity contribution in [2.24, 2.45) is 0 Å². The maximum absolute atomic E-state index is 2.45. The summed E-state index contributed by atoms with van der Waals surface area (Å²) in [6.07, 6.45) is 0. The summed E-state index contributed by atoms with van der Waals surface area (Å²) in [7, 11) is -1.58. The number of fused-ring (bicyclic) bond motifs is 4. The summed E-state index contributed by atoms with van der Waals surface area (Å²) in [5.41, 5.74) is 3.89. The summed E-state index contributed by atoms with van der Waals surface area (Å²) >= 11 is 0. The van der Waals surface area contributed by atoms with Gasteiger partial charge in [0.1, 0.15) is 8.07 Å². The minimum Gasteiger partial charge on any atom is -0.0623 e. The van der Waals surface area contributed by atoms with Crippen LogP contribution in [-0.2, 0) is 10.8 Å². The Morgan fingerprint density at radius 3 is 1.48 bits per heavy atom. The van der Waals surface area contributed by atoms with Crippen molar-refractivity contribution in [1.29, 1.82) is 0 Å². The zero-order valence-corrected chi connectivity index (χ0v) is 14.5. The van der Waals surface area contributed by atoms with Crippen LogP contribution in [0.15, 0.2) is 48.5 Å². The molecule has 4 rings (SSSR count). The molecular formula is C20H24Si. The van der Waals surface area contributed by atoms with Crippen LogP contribution in [0.3, 0.4) is 0 Å². The van der Waals surface area contributed by atoms with Crippen molar-refractivity contribution in [2.45, 2.75) is 50.6 Å². The Hall–Kier alpha value is -1.34. The average Bonchev–Trinajstić information content (AvgIpc) is 2.81. The quantitative estimate of drug-likeness (QED) is 0.647.